The molecule has 3 N–H and O–H groups in total. The molecule has 1 amide bonds. The molecule has 2 saturated heterocycles. The average molecular weight is 296 g/mol. The van der Waals surface area contributed by atoms with Gasteiger partial charge in [0, 0.05) is 31.1 Å². The Morgan fingerprint density at radius 2 is 1.95 bits per heavy atom. The maximum atomic E-state index is 12.7. The van der Waals surface area contributed by atoms with E-state index in [0.29, 0.717) is 6.54 Å². The van der Waals surface area contributed by atoms with E-state index < -0.39 is 5.54 Å². The van der Waals surface area contributed by atoms with Gasteiger partial charge in [0.2, 0.25) is 5.91 Å². The molecule has 5 nitrogen and oxygen atoms in total. The third-order valence-electron chi connectivity index (χ3n) is 5.82. The lowest BCUT2D eigenvalue weighted by Gasteiger charge is -2.65. The van der Waals surface area contributed by atoms with E-state index in [1.807, 2.05) is 0 Å². The minimum Gasteiger partial charge on any atom is -0.377 e. The van der Waals surface area contributed by atoms with Gasteiger partial charge >= 0.3 is 0 Å². The number of fused-ring (bicyclic) bond motifs is 1. The highest BCUT2D eigenvalue weighted by Gasteiger charge is 2.70. The SMILES string of the molecule is CC1(C)C2OCCCC2C1(N)C(=O)NCC1CCCCO1. The van der Waals surface area contributed by atoms with Crippen LogP contribution in [0.25, 0.3) is 0 Å². The van der Waals surface area contributed by atoms with Gasteiger partial charge in [0.05, 0.1) is 12.2 Å². The van der Waals surface area contributed by atoms with Crippen LogP contribution in [-0.4, -0.2) is 43.4 Å². The van der Waals surface area contributed by atoms with E-state index in [4.69, 9.17) is 15.2 Å². The van der Waals surface area contributed by atoms with Gasteiger partial charge in [-0.15, -0.1) is 0 Å². The highest BCUT2D eigenvalue weighted by molar-refractivity contribution is 5.89. The minimum atomic E-state index is -0.813. The minimum absolute atomic E-state index is 0.0339. The fourth-order valence-corrected chi connectivity index (χ4v) is 4.36. The number of hydrogen-bond acceptors (Lipinski definition) is 4. The van der Waals surface area contributed by atoms with Crippen molar-refractivity contribution in [3.8, 4) is 0 Å². The highest BCUT2D eigenvalue weighted by Crippen LogP contribution is 2.57. The Hall–Kier alpha value is -0.650. The molecule has 0 radical (unpaired) electrons. The normalized spacial score (nSPS) is 41.8. The predicted molar refractivity (Wildman–Crippen MR) is 79.8 cm³/mol. The van der Waals surface area contributed by atoms with Gasteiger partial charge in [0.15, 0.2) is 0 Å². The molecule has 3 fully saturated rings. The molecular weight excluding hydrogens is 268 g/mol. The van der Waals surface area contributed by atoms with Crippen molar-refractivity contribution in [2.24, 2.45) is 17.1 Å². The first-order chi connectivity index (χ1) is 9.98. The lowest BCUT2D eigenvalue weighted by atomic mass is 9.46. The molecule has 0 aromatic rings. The second-order valence-corrected chi connectivity index (χ2v) is 7.33. The molecule has 2 heterocycles. The van der Waals surface area contributed by atoms with Crippen LogP contribution in [0.3, 0.4) is 0 Å². The zero-order valence-corrected chi connectivity index (χ0v) is 13.2. The van der Waals surface area contributed by atoms with Crippen LogP contribution in [0.5, 0.6) is 0 Å². The fourth-order valence-electron chi connectivity index (χ4n) is 4.36. The Labute approximate surface area is 126 Å². The summed E-state index contributed by atoms with van der Waals surface area (Å²) in [7, 11) is 0. The van der Waals surface area contributed by atoms with Crippen LogP contribution < -0.4 is 11.1 Å². The van der Waals surface area contributed by atoms with Gasteiger partial charge in [0.1, 0.15) is 5.54 Å². The molecular formula is C16H28N2O3. The van der Waals surface area contributed by atoms with E-state index in [0.717, 1.165) is 38.9 Å². The zero-order chi connectivity index (χ0) is 15.1. The third kappa shape index (κ3) is 2.30. The molecule has 2 aliphatic heterocycles. The number of hydrogen-bond donors (Lipinski definition) is 2. The van der Waals surface area contributed by atoms with Gasteiger partial charge in [-0.2, -0.15) is 0 Å². The van der Waals surface area contributed by atoms with E-state index in [1.54, 1.807) is 0 Å². The van der Waals surface area contributed by atoms with Crippen molar-refractivity contribution in [2.45, 2.75) is 63.7 Å². The summed E-state index contributed by atoms with van der Waals surface area (Å²) in [5.74, 6) is 0.113. The van der Waals surface area contributed by atoms with Crippen LogP contribution >= 0.6 is 0 Å². The first kappa shape index (κ1) is 15.3. The van der Waals surface area contributed by atoms with Gasteiger partial charge in [-0.25, -0.2) is 0 Å². The predicted octanol–water partition coefficient (Wildman–Crippen LogP) is 1.20. The van der Waals surface area contributed by atoms with Gasteiger partial charge in [-0.1, -0.05) is 13.8 Å². The Kier molecular flexibility index (Phi) is 4.01. The quantitative estimate of drug-likeness (QED) is 0.821. The summed E-state index contributed by atoms with van der Waals surface area (Å²) in [6.07, 6.45) is 5.57. The molecule has 4 atom stereocenters. The number of nitrogens with two attached hydrogens (primary N) is 1. The lowest BCUT2D eigenvalue weighted by Crippen LogP contribution is -2.82. The molecule has 0 aromatic heterocycles. The maximum Gasteiger partial charge on any atom is 0.241 e. The first-order valence-electron chi connectivity index (χ1n) is 8.28. The molecule has 4 unspecified atom stereocenters. The van der Waals surface area contributed by atoms with E-state index in [9.17, 15) is 4.79 Å². The Morgan fingerprint density at radius 1 is 1.19 bits per heavy atom. The van der Waals surface area contributed by atoms with E-state index in [-0.39, 0.29) is 29.4 Å². The molecule has 0 spiro atoms. The Morgan fingerprint density at radius 3 is 2.67 bits per heavy atom. The molecule has 120 valence electrons. The average Bonchev–Trinajstić information content (AvgIpc) is 2.52. The van der Waals surface area contributed by atoms with Crippen LogP contribution in [0.4, 0.5) is 0 Å². The molecule has 0 bridgehead atoms. The van der Waals surface area contributed by atoms with Crippen molar-refractivity contribution in [3.63, 3.8) is 0 Å². The summed E-state index contributed by atoms with van der Waals surface area (Å²) in [5, 5.41) is 3.04. The second-order valence-electron chi connectivity index (χ2n) is 7.33. The molecule has 5 heteroatoms. The van der Waals surface area contributed by atoms with Crippen LogP contribution in [-0.2, 0) is 14.3 Å². The Bertz CT molecular complexity index is 406. The van der Waals surface area contributed by atoms with Crippen molar-refractivity contribution in [1.82, 2.24) is 5.32 Å². The van der Waals surface area contributed by atoms with Crippen molar-refractivity contribution in [2.75, 3.05) is 19.8 Å². The Balaban J connectivity index is 1.62. The lowest BCUT2D eigenvalue weighted by molar-refractivity contribution is -0.225. The summed E-state index contributed by atoms with van der Waals surface area (Å²) >= 11 is 0. The van der Waals surface area contributed by atoms with Crippen LogP contribution in [0.1, 0.15) is 46.0 Å². The molecule has 3 rings (SSSR count). The summed E-state index contributed by atoms with van der Waals surface area (Å²) in [6, 6.07) is 0. The molecule has 1 saturated carbocycles. The zero-order valence-electron chi connectivity index (χ0n) is 13.2. The van der Waals surface area contributed by atoms with Crippen LogP contribution in [0.2, 0.25) is 0 Å². The van der Waals surface area contributed by atoms with Crippen LogP contribution in [0, 0.1) is 11.3 Å². The van der Waals surface area contributed by atoms with Gasteiger partial charge in [-0.3, -0.25) is 4.79 Å². The van der Waals surface area contributed by atoms with Crippen molar-refractivity contribution < 1.29 is 14.3 Å². The molecule has 0 aromatic carbocycles. The van der Waals surface area contributed by atoms with Crippen molar-refractivity contribution in [1.29, 1.82) is 0 Å². The van der Waals surface area contributed by atoms with Crippen molar-refractivity contribution in [3.05, 3.63) is 0 Å². The second kappa shape index (κ2) is 5.52. The maximum absolute atomic E-state index is 12.7. The molecule has 1 aliphatic carbocycles. The fraction of sp³-hybridized carbons (Fsp3) is 0.938. The van der Waals surface area contributed by atoms with E-state index in [1.165, 1.54) is 6.42 Å². The number of ether oxygens (including phenoxy) is 2. The standard InChI is InChI=1S/C16H28N2O3/c1-15(2)13-12(7-5-9-21-13)16(15,17)14(19)18-10-11-6-3-4-8-20-11/h11-13H,3-10,17H2,1-2H3,(H,18,19). The number of rotatable bonds is 3. The summed E-state index contributed by atoms with van der Waals surface area (Å²) in [6.45, 7) is 6.27. The number of nitrogens with one attached hydrogen (secondary N) is 1. The first-order valence-corrected chi connectivity index (χ1v) is 8.28. The topological polar surface area (TPSA) is 73.6 Å². The number of amides is 1. The van der Waals surface area contributed by atoms with Gasteiger partial charge in [-0.05, 0) is 32.1 Å². The van der Waals surface area contributed by atoms with Crippen molar-refractivity contribution >= 4 is 5.91 Å². The van der Waals surface area contributed by atoms with Crippen LogP contribution in [0.15, 0.2) is 0 Å². The highest BCUT2D eigenvalue weighted by atomic mass is 16.5. The molecule has 21 heavy (non-hydrogen) atoms. The van der Waals surface area contributed by atoms with E-state index >= 15 is 0 Å². The summed E-state index contributed by atoms with van der Waals surface area (Å²) in [4.78, 5) is 12.7. The summed E-state index contributed by atoms with van der Waals surface area (Å²) in [5.41, 5.74) is 5.44. The van der Waals surface area contributed by atoms with Gasteiger partial charge < -0.3 is 20.5 Å². The number of carbonyl (C=O) groups is 1. The number of carbonyl (C=O) groups excluding carboxylic acids is 1. The smallest absolute Gasteiger partial charge is 0.241 e. The third-order valence-corrected chi connectivity index (χ3v) is 5.82. The van der Waals surface area contributed by atoms with Gasteiger partial charge in [0.25, 0.3) is 0 Å². The molecule has 3 aliphatic rings. The largest absolute Gasteiger partial charge is 0.377 e. The summed E-state index contributed by atoms with van der Waals surface area (Å²) < 4.78 is 11.5. The van der Waals surface area contributed by atoms with E-state index in [2.05, 4.69) is 19.2 Å². The monoisotopic (exact) mass is 296 g/mol.